The molecule has 0 radical (unpaired) electrons. The fourth-order valence-electron chi connectivity index (χ4n) is 4.39. The number of allylic oxidation sites excluding steroid dienone is 1. The molecular formula is C25H45NO6. The van der Waals surface area contributed by atoms with Crippen LogP contribution in [0.5, 0.6) is 0 Å². The molecule has 0 aliphatic carbocycles. The monoisotopic (exact) mass is 455 g/mol. The van der Waals surface area contributed by atoms with Crippen LogP contribution in [0.1, 0.15) is 105 Å². The predicted octanol–water partition coefficient (Wildman–Crippen LogP) is 4.15. The van der Waals surface area contributed by atoms with Gasteiger partial charge in [-0.15, -0.1) is 0 Å². The first kappa shape index (κ1) is 30.1. The van der Waals surface area contributed by atoms with Crippen LogP contribution >= 0.6 is 0 Å². The van der Waals surface area contributed by atoms with Crippen molar-refractivity contribution in [2.75, 3.05) is 6.54 Å². The molecule has 7 nitrogen and oxygen atoms in total. The molecule has 0 saturated carbocycles. The van der Waals surface area contributed by atoms with Crippen LogP contribution in [-0.4, -0.2) is 57.3 Å². The SMILES string of the molecule is CCCCCCCCCCCCC/C=C/C[N+](C(C)C(=O)[O-])(C(C)C(=O)O)C(C)C(=O)O. The Morgan fingerprint density at radius 3 is 1.50 bits per heavy atom. The highest BCUT2D eigenvalue weighted by molar-refractivity contribution is 5.77. The van der Waals surface area contributed by atoms with Gasteiger partial charge in [-0.2, -0.15) is 0 Å². The van der Waals surface area contributed by atoms with Crippen LogP contribution in [-0.2, 0) is 14.4 Å². The Balaban J connectivity index is 4.62. The molecule has 0 spiro atoms. The molecular weight excluding hydrogens is 410 g/mol. The van der Waals surface area contributed by atoms with E-state index < -0.39 is 40.5 Å². The minimum absolute atomic E-state index is 0.00805. The van der Waals surface area contributed by atoms with Gasteiger partial charge in [0.1, 0.15) is 6.04 Å². The zero-order chi connectivity index (χ0) is 24.6. The molecule has 0 fully saturated rings. The number of aliphatic carboxylic acids is 3. The highest BCUT2D eigenvalue weighted by Crippen LogP contribution is 2.26. The lowest BCUT2D eigenvalue weighted by atomic mass is 10.0. The fraction of sp³-hybridized carbons (Fsp3) is 0.800. The molecule has 0 aliphatic heterocycles. The van der Waals surface area contributed by atoms with E-state index in [-0.39, 0.29) is 6.54 Å². The van der Waals surface area contributed by atoms with Crippen molar-refractivity contribution in [1.82, 2.24) is 0 Å². The van der Waals surface area contributed by atoms with Crippen molar-refractivity contribution in [3.8, 4) is 0 Å². The highest BCUT2D eigenvalue weighted by atomic mass is 16.4. The van der Waals surface area contributed by atoms with Gasteiger partial charge >= 0.3 is 11.9 Å². The van der Waals surface area contributed by atoms with Crippen LogP contribution in [0.4, 0.5) is 0 Å². The molecule has 0 aromatic carbocycles. The van der Waals surface area contributed by atoms with E-state index in [1.807, 2.05) is 6.08 Å². The Bertz CT molecular complexity index is 539. The number of carbonyl (C=O) groups excluding carboxylic acids is 1. The minimum Gasteiger partial charge on any atom is -0.544 e. The van der Waals surface area contributed by atoms with Crippen molar-refractivity contribution in [2.45, 2.75) is 123 Å². The lowest BCUT2D eigenvalue weighted by molar-refractivity contribution is -0.964. The molecule has 186 valence electrons. The number of carboxylic acid groups (broad SMARTS) is 3. The van der Waals surface area contributed by atoms with Crippen LogP contribution < -0.4 is 5.11 Å². The summed E-state index contributed by atoms with van der Waals surface area (Å²) in [6.45, 7) is 6.28. The standard InChI is InChI=1S/C25H45NO6/c1-5-6-7-8-9-10-11-12-13-14-15-16-17-18-19-26(20(2)23(27)28,21(3)24(29)30)22(4)25(31)32/h17-18,20-22H,5-16,19H2,1-4H3,(H2-,27,28,29,30,31,32)/b18-17+. The maximum atomic E-state index is 11.7. The summed E-state index contributed by atoms with van der Waals surface area (Å²) in [4.78, 5) is 35.0. The van der Waals surface area contributed by atoms with Gasteiger partial charge in [0.05, 0.1) is 12.5 Å². The van der Waals surface area contributed by atoms with E-state index in [0.717, 1.165) is 19.3 Å². The Kier molecular flexibility index (Phi) is 15.7. The van der Waals surface area contributed by atoms with Crippen molar-refractivity contribution >= 4 is 17.9 Å². The van der Waals surface area contributed by atoms with E-state index in [9.17, 15) is 29.7 Å². The molecule has 3 atom stereocenters. The molecule has 7 heteroatoms. The Morgan fingerprint density at radius 1 is 0.719 bits per heavy atom. The Morgan fingerprint density at radius 2 is 1.12 bits per heavy atom. The summed E-state index contributed by atoms with van der Waals surface area (Å²) in [7, 11) is 0. The first-order chi connectivity index (χ1) is 15.1. The average molecular weight is 456 g/mol. The summed E-state index contributed by atoms with van der Waals surface area (Å²) >= 11 is 0. The van der Waals surface area contributed by atoms with Crippen molar-refractivity contribution in [3.63, 3.8) is 0 Å². The second kappa shape index (κ2) is 16.7. The quantitative estimate of drug-likeness (QED) is 0.162. The van der Waals surface area contributed by atoms with Crippen molar-refractivity contribution < 1.29 is 34.2 Å². The van der Waals surface area contributed by atoms with Crippen LogP contribution in [0.2, 0.25) is 0 Å². The van der Waals surface area contributed by atoms with Gasteiger partial charge in [-0.3, -0.25) is 4.48 Å². The number of quaternary nitrogens is 1. The Labute approximate surface area is 194 Å². The molecule has 0 aromatic rings. The van der Waals surface area contributed by atoms with Gasteiger partial charge in [-0.1, -0.05) is 77.2 Å². The topological polar surface area (TPSA) is 115 Å². The van der Waals surface area contributed by atoms with Gasteiger partial charge in [0.15, 0.2) is 12.1 Å². The van der Waals surface area contributed by atoms with Gasteiger partial charge in [0.25, 0.3) is 0 Å². The predicted molar refractivity (Wildman–Crippen MR) is 124 cm³/mol. The Hall–Kier alpha value is -1.89. The normalized spacial score (nSPS) is 16.4. The number of hydrogen-bond acceptors (Lipinski definition) is 4. The number of carboxylic acids is 3. The zero-order valence-electron chi connectivity index (χ0n) is 20.6. The molecule has 0 amide bonds. The van der Waals surface area contributed by atoms with Crippen LogP contribution in [0.3, 0.4) is 0 Å². The molecule has 0 bridgehead atoms. The first-order valence-corrected chi connectivity index (χ1v) is 12.3. The summed E-state index contributed by atoms with van der Waals surface area (Å²) in [6, 6.07) is -3.69. The van der Waals surface area contributed by atoms with E-state index in [2.05, 4.69) is 6.92 Å². The number of unbranched alkanes of at least 4 members (excludes halogenated alkanes) is 11. The molecule has 0 aromatic heterocycles. The summed E-state index contributed by atoms with van der Waals surface area (Å²) in [5.41, 5.74) is 0. The lowest BCUT2D eigenvalue weighted by Crippen LogP contribution is -2.71. The number of rotatable bonds is 20. The van der Waals surface area contributed by atoms with E-state index in [1.165, 1.54) is 78.6 Å². The fourth-order valence-corrected chi connectivity index (χ4v) is 4.39. The van der Waals surface area contributed by atoms with Crippen LogP contribution in [0.25, 0.3) is 0 Å². The van der Waals surface area contributed by atoms with Crippen molar-refractivity contribution in [3.05, 3.63) is 12.2 Å². The van der Waals surface area contributed by atoms with Crippen LogP contribution in [0.15, 0.2) is 12.2 Å². The third-order valence-electron chi connectivity index (χ3n) is 6.78. The van der Waals surface area contributed by atoms with Crippen molar-refractivity contribution in [1.29, 1.82) is 0 Å². The second-order valence-corrected chi connectivity index (χ2v) is 9.00. The minimum atomic E-state index is -1.45. The maximum absolute atomic E-state index is 11.7. The largest absolute Gasteiger partial charge is 0.544 e. The van der Waals surface area contributed by atoms with E-state index in [0.29, 0.717) is 0 Å². The van der Waals surface area contributed by atoms with Crippen molar-refractivity contribution in [2.24, 2.45) is 0 Å². The molecule has 0 heterocycles. The van der Waals surface area contributed by atoms with Gasteiger partial charge in [0.2, 0.25) is 0 Å². The third kappa shape index (κ3) is 10.2. The van der Waals surface area contributed by atoms with Gasteiger partial charge < -0.3 is 20.1 Å². The summed E-state index contributed by atoms with van der Waals surface area (Å²) in [5.74, 6) is -3.92. The molecule has 3 unspecified atom stereocenters. The molecule has 0 rings (SSSR count). The smallest absolute Gasteiger partial charge is 0.362 e. The van der Waals surface area contributed by atoms with E-state index in [1.54, 1.807) is 6.08 Å². The third-order valence-corrected chi connectivity index (χ3v) is 6.78. The number of carbonyl (C=O) groups is 3. The van der Waals surface area contributed by atoms with Crippen LogP contribution in [0, 0.1) is 0 Å². The molecule has 0 aliphatic rings. The zero-order valence-corrected chi connectivity index (χ0v) is 20.6. The summed E-state index contributed by atoms with van der Waals surface area (Å²) < 4.78 is -0.623. The molecule has 2 N–H and O–H groups in total. The van der Waals surface area contributed by atoms with Gasteiger partial charge in [-0.25, -0.2) is 9.59 Å². The molecule has 32 heavy (non-hydrogen) atoms. The lowest BCUT2D eigenvalue weighted by Gasteiger charge is -2.48. The second-order valence-electron chi connectivity index (χ2n) is 9.00. The average Bonchev–Trinajstić information content (AvgIpc) is 2.75. The van der Waals surface area contributed by atoms with E-state index in [4.69, 9.17) is 0 Å². The summed E-state index contributed by atoms with van der Waals surface area (Å²) in [5, 5.41) is 30.7. The summed E-state index contributed by atoms with van der Waals surface area (Å²) in [6.07, 6.45) is 18.2. The van der Waals surface area contributed by atoms with Gasteiger partial charge in [-0.05, 0) is 39.7 Å². The maximum Gasteiger partial charge on any atom is 0.362 e. The van der Waals surface area contributed by atoms with Gasteiger partial charge in [0, 0.05) is 0 Å². The number of nitrogens with zero attached hydrogens (tertiary/aromatic N) is 1. The molecule has 0 saturated heterocycles. The number of hydrogen-bond donors (Lipinski definition) is 2. The van der Waals surface area contributed by atoms with E-state index >= 15 is 0 Å². The highest BCUT2D eigenvalue weighted by Gasteiger charge is 2.50. The first-order valence-electron chi connectivity index (χ1n) is 12.3.